The van der Waals surface area contributed by atoms with Crippen molar-refractivity contribution in [1.82, 2.24) is 5.32 Å². The number of alkyl carbamates (subject to hydrolysis) is 1. The van der Waals surface area contributed by atoms with Crippen molar-refractivity contribution in [1.29, 1.82) is 0 Å². The molecular formula is C14H19NO3. The molecule has 2 N–H and O–H groups in total. The first-order valence-electron chi connectivity index (χ1n) is 5.76. The Balaban J connectivity index is 2.47. The van der Waals surface area contributed by atoms with Crippen LogP contribution in [-0.4, -0.2) is 16.8 Å². The van der Waals surface area contributed by atoms with Crippen molar-refractivity contribution in [2.75, 3.05) is 0 Å². The van der Waals surface area contributed by atoms with Crippen molar-refractivity contribution < 1.29 is 14.6 Å². The van der Waals surface area contributed by atoms with Gasteiger partial charge in [0.05, 0.1) is 6.61 Å². The number of rotatable bonds is 3. The molecule has 4 heteroatoms. The number of aliphatic hydroxyl groups excluding tert-OH is 1. The number of carbonyl (C=O) groups is 1. The van der Waals surface area contributed by atoms with E-state index < -0.39 is 11.7 Å². The molecule has 0 atom stereocenters. The number of amides is 1. The fraction of sp³-hybridized carbons (Fsp3) is 0.357. The summed E-state index contributed by atoms with van der Waals surface area (Å²) in [5.74, 6) is 0. The Labute approximate surface area is 107 Å². The number of carbonyl (C=O) groups excluding carboxylic acids is 1. The van der Waals surface area contributed by atoms with Crippen molar-refractivity contribution in [2.24, 2.45) is 0 Å². The van der Waals surface area contributed by atoms with Gasteiger partial charge in [0.15, 0.2) is 0 Å². The van der Waals surface area contributed by atoms with E-state index in [1.165, 1.54) is 6.20 Å². The van der Waals surface area contributed by atoms with E-state index in [1.807, 2.05) is 45.0 Å². The lowest BCUT2D eigenvalue weighted by molar-refractivity contribution is 0.0553. The average Bonchev–Trinajstić information content (AvgIpc) is 2.27. The van der Waals surface area contributed by atoms with Gasteiger partial charge in [-0.2, -0.15) is 0 Å². The molecule has 1 amide bonds. The summed E-state index contributed by atoms with van der Waals surface area (Å²) in [6.45, 7) is 5.46. The molecule has 0 aliphatic rings. The Morgan fingerprint density at radius 2 is 1.94 bits per heavy atom. The molecule has 0 aliphatic heterocycles. The summed E-state index contributed by atoms with van der Waals surface area (Å²) in [5, 5.41) is 11.4. The summed E-state index contributed by atoms with van der Waals surface area (Å²) in [4.78, 5) is 11.3. The van der Waals surface area contributed by atoms with Crippen LogP contribution in [0.2, 0.25) is 0 Å². The minimum Gasteiger partial charge on any atom is -0.444 e. The van der Waals surface area contributed by atoms with E-state index in [1.54, 1.807) is 6.08 Å². The van der Waals surface area contributed by atoms with Crippen LogP contribution in [0, 0.1) is 0 Å². The second-order valence-corrected chi connectivity index (χ2v) is 4.88. The fourth-order valence-corrected chi connectivity index (χ4v) is 1.25. The van der Waals surface area contributed by atoms with Crippen LogP contribution in [0.15, 0.2) is 30.5 Å². The van der Waals surface area contributed by atoms with Gasteiger partial charge in [0, 0.05) is 6.20 Å². The van der Waals surface area contributed by atoms with Crippen LogP contribution in [0.1, 0.15) is 31.9 Å². The Bertz CT molecular complexity index is 416. The van der Waals surface area contributed by atoms with E-state index in [4.69, 9.17) is 9.84 Å². The van der Waals surface area contributed by atoms with Gasteiger partial charge in [0.1, 0.15) is 5.60 Å². The highest BCUT2D eigenvalue weighted by Crippen LogP contribution is 2.07. The van der Waals surface area contributed by atoms with Crippen molar-refractivity contribution in [3.8, 4) is 0 Å². The zero-order valence-electron chi connectivity index (χ0n) is 10.9. The van der Waals surface area contributed by atoms with Crippen LogP contribution in [0.5, 0.6) is 0 Å². The maximum absolute atomic E-state index is 11.3. The SMILES string of the molecule is CC(C)(C)OC(=O)NC=Cc1ccc(CO)cc1. The maximum atomic E-state index is 11.3. The highest BCUT2D eigenvalue weighted by atomic mass is 16.6. The summed E-state index contributed by atoms with van der Waals surface area (Å²) >= 11 is 0. The summed E-state index contributed by atoms with van der Waals surface area (Å²) in [5.41, 5.74) is 1.29. The zero-order chi connectivity index (χ0) is 13.6. The summed E-state index contributed by atoms with van der Waals surface area (Å²) in [7, 11) is 0. The number of ether oxygens (including phenoxy) is 1. The predicted octanol–water partition coefficient (Wildman–Crippen LogP) is 2.67. The lowest BCUT2D eigenvalue weighted by Crippen LogP contribution is -2.29. The first kappa shape index (κ1) is 14.3. The smallest absolute Gasteiger partial charge is 0.411 e. The molecule has 4 nitrogen and oxygen atoms in total. The van der Waals surface area contributed by atoms with Crippen LogP contribution in [0.3, 0.4) is 0 Å². The van der Waals surface area contributed by atoms with Gasteiger partial charge in [-0.05, 0) is 38.0 Å². The van der Waals surface area contributed by atoms with E-state index in [0.717, 1.165) is 11.1 Å². The largest absolute Gasteiger partial charge is 0.444 e. The molecule has 0 aromatic heterocycles. The van der Waals surface area contributed by atoms with Crippen LogP contribution in [-0.2, 0) is 11.3 Å². The maximum Gasteiger partial charge on any atom is 0.411 e. The van der Waals surface area contributed by atoms with E-state index >= 15 is 0 Å². The highest BCUT2D eigenvalue weighted by molar-refractivity contribution is 5.70. The average molecular weight is 249 g/mol. The van der Waals surface area contributed by atoms with Crippen LogP contribution < -0.4 is 5.32 Å². The van der Waals surface area contributed by atoms with Gasteiger partial charge in [0.25, 0.3) is 0 Å². The van der Waals surface area contributed by atoms with E-state index in [2.05, 4.69) is 5.32 Å². The second kappa shape index (κ2) is 6.21. The van der Waals surface area contributed by atoms with Gasteiger partial charge >= 0.3 is 6.09 Å². The molecule has 0 radical (unpaired) electrons. The topological polar surface area (TPSA) is 58.6 Å². The predicted molar refractivity (Wildman–Crippen MR) is 70.8 cm³/mol. The third kappa shape index (κ3) is 5.50. The van der Waals surface area contributed by atoms with E-state index in [0.29, 0.717) is 0 Å². The Morgan fingerprint density at radius 1 is 1.33 bits per heavy atom. The number of hydrogen-bond donors (Lipinski definition) is 2. The van der Waals surface area contributed by atoms with Gasteiger partial charge in [-0.15, -0.1) is 0 Å². The van der Waals surface area contributed by atoms with Crippen LogP contribution >= 0.6 is 0 Å². The van der Waals surface area contributed by atoms with E-state index in [-0.39, 0.29) is 6.61 Å². The molecule has 0 heterocycles. The van der Waals surface area contributed by atoms with Crippen LogP contribution in [0.4, 0.5) is 4.79 Å². The second-order valence-electron chi connectivity index (χ2n) is 4.88. The lowest BCUT2D eigenvalue weighted by atomic mass is 10.1. The molecule has 0 aliphatic carbocycles. The monoisotopic (exact) mass is 249 g/mol. The van der Waals surface area contributed by atoms with Gasteiger partial charge in [-0.25, -0.2) is 4.79 Å². The normalized spacial score (nSPS) is 11.6. The molecule has 0 spiro atoms. The number of aliphatic hydroxyl groups is 1. The molecule has 0 saturated heterocycles. The molecule has 98 valence electrons. The Kier molecular flexibility index (Phi) is 4.92. The summed E-state index contributed by atoms with van der Waals surface area (Å²) in [6.07, 6.45) is 2.80. The van der Waals surface area contributed by atoms with Crippen molar-refractivity contribution >= 4 is 12.2 Å². The van der Waals surface area contributed by atoms with Crippen LogP contribution in [0.25, 0.3) is 6.08 Å². The molecular weight excluding hydrogens is 230 g/mol. The van der Waals surface area contributed by atoms with Gasteiger partial charge in [-0.3, -0.25) is 5.32 Å². The first-order valence-corrected chi connectivity index (χ1v) is 5.76. The van der Waals surface area contributed by atoms with E-state index in [9.17, 15) is 4.79 Å². The summed E-state index contributed by atoms with van der Waals surface area (Å²) in [6, 6.07) is 7.37. The molecule has 1 aromatic rings. The molecule has 1 rings (SSSR count). The zero-order valence-corrected chi connectivity index (χ0v) is 10.9. The number of hydrogen-bond acceptors (Lipinski definition) is 3. The third-order valence-corrected chi connectivity index (χ3v) is 2.04. The van der Waals surface area contributed by atoms with Gasteiger partial charge < -0.3 is 9.84 Å². The van der Waals surface area contributed by atoms with Crippen molar-refractivity contribution in [3.05, 3.63) is 41.6 Å². The fourth-order valence-electron chi connectivity index (χ4n) is 1.25. The summed E-state index contributed by atoms with van der Waals surface area (Å²) < 4.78 is 5.08. The van der Waals surface area contributed by atoms with Crippen molar-refractivity contribution in [3.63, 3.8) is 0 Å². The number of nitrogens with one attached hydrogen (secondary N) is 1. The highest BCUT2D eigenvalue weighted by Gasteiger charge is 2.14. The number of benzene rings is 1. The first-order chi connectivity index (χ1) is 8.40. The molecule has 1 aromatic carbocycles. The van der Waals surface area contributed by atoms with Gasteiger partial charge in [-0.1, -0.05) is 24.3 Å². The minimum atomic E-state index is -0.499. The Hall–Kier alpha value is -1.81. The van der Waals surface area contributed by atoms with Gasteiger partial charge in [0.2, 0.25) is 0 Å². The molecule has 0 unspecified atom stereocenters. The third-order valence-electron chi connectivity index (χ3n) is 2.04. The standard InChI is InChI=1S/C14H19NO3/c1-14(2,3)18-13(17)15-9-8-11-4-6-12(10-16)7-5-11/h4-9,16H,10H2,1-3H3,(H,15,17). The van der Waals surface area contributed by atoms with Crippen molar-refractivity contribution in [2.45, 2.75) is 33.0 Å². The molecule has 0 fully saturated rings. The Morgan fingerprint density at radius 3 is 2.44 bits per heavy atom. The minimum absolute atomic E-state index is 0.0279. The molecule has 0 bridgehead atoms. The molecule has 0 saturated carbocycles. The quantitative estimate of drug-likeness (QED) is 0.865. The molecule has 18 heavy (non-hydrogen) atoms. The lowest BCUT2D eigenvalue weighted by Gasteiger charge is -2.18.